The Kier molecular flexibility index (Phi) is 8.55. The van der Waals surface area contributed by atoms with Gasteiger partial charge in [-0.3, -0.25) is 14.4 Å². The molecule has 2 atom stereocenters. The number of sulfonamides is 1. The van der Waals surface area contributed by atoms with Crippen molar-refractivity contribution in [2.75, 3.05) is 16.7 Å². The quantitative estimate of drug-likeness (QED) is 0.170. The van der Waals surface area contributed by atoms with Crippen molar-refractivity contribution >= 4 is 61.4 Å². The van der Waals surface area contributed by atoms with Crippen LogP contribution in [0.1, 0.15) is 17.9 Å². The van der Waals surface area contributed by atoms with Gasteiger partial charge in [-0.2, -0.15) is 0 Å². The molecule has 0 saturated carbocycles. The van der Waals surface area contributed by atoms with Gasteiger partial charge in [0, 0.05) is 22.7 Å². The Morgan fingerprint density at radius 1 is 0.932 bits per heavy atom. The van der Waals surface area contributed by atoms with Gasteiger partial charge < -0.3 is 9.47 Å². The maximum absolute atomic E-state index is 13.3. The number of carbonyl (C=O) groups is 1. The summed E-state index contributed by atoms with van der Waals surface area (Å²) in [5, 5.41) is 2.29. The predicted molar refractivity (Wildman–Crippen MR) is 177 cm³/mol. The lowest BCUT2D eigenvalue weighted by Crippen LogP contribution is -2.30. The molecule has 1 aromatic heterocycles. The van der Waals surface area contributed by atoms with Crippen LogP contribution < -0.4 is 19.1 Å². The highest BCUT2D eigenvalue weighted by Crippen LogP contribution is 2.47. The van der Waals surface area contributed by atoms with Crippen molar-refractivity contribution in [2.45, 2.75) is 22.4 Å². The van der Waals surface area contributed by atoms with Gasteiger partial charge in [-0.05, 0) is 61.0 Å². The molecule has 6 rings (SSSR count). The van der Waals surface area contributed by atoms with Crippen molar-refractivity contribution in [3.8, 4) is 28.5 Å². The molecular formula is C32H26ClN3O5S3. The van der Waals surface area contributed by atoms with Crippen LogP contribution in [0.15, 0.2) is 107 Å². The number of rotatable bonds is 9. The number of nitrogens with zero attached hydrogens (tertiary/aromatic N) is 2. The third kappa shape index (κ3) is 6.27. The van der Waals surface area contributed by atoms with Gasteiger partial charge in [0.25, 0.3) is 10.0 Å². The van der Waals surface area contributed by atoms with E-state index in [2.05, 4.69) is 4.72 Å². The van der Waals surface area contributed by atoms with Gasteiger partial charge >= 0.3 is 0 Å². The van der Waals surface area contributed by atoms with Crippen LogP contribution in [0.2, 0.25) is 5.02 Å². The molecule has 0 radical (unpaired) electrons. The van der Waals surface area contributed by atoms with Gasteiger partial charge in [-0.15, -0.1) is 23.1 Å². The minimum absolute atomic E-state index is 0.0149. The number of amides is 1. The topological polar surface area (TPSA) is 97.8 Å². The van der Waals surface area contributed by atoms with E-state index in [9.17, 15) is 13.2 Å². The number of benzene rings is 4. The van der Waals surface area contributed by atoms with E-state index in [1.54, 1.807) is 40.9 Å². The highest BCUT2D eigenvalue weighted by Gasteiger charge is 2.41. The first kappa shape index (κ1) is 30.0. The number of thioether (sulfide) groups is 1. The maximum Gasteiger partial charge on any atom is 0.262 e. The van der Waals surface area contributed by atoms with E-state index < -0.39 is 10.0 Å². The number of thiazole rings is 1. The lowest BCUT2D eigenvalue weighted by Gasteiger charge is -2.22. The summed E-state index contributed by atoms with van der Waals surface area (Å²) in [6, 6.07) is 28.5. The third-order valence-electron chi connectivity index (χ3n) is 6.84. The molecule has 1 N–H and O–H groups in total. The van der Waals surface area contributed by atoms with E-state index in [0.717, 1.165) is 16.9 Å². The fourth-order valence-electron chi connectivity index (χ4n) is 4.64. The molecule has 2 unspecified atom stereocenters. The smallest absolute Gasteiger partial charge is 0.262 e. The third-order valence-corrected chi connectivity index (χ3v) is 10.7. The highest BCUT2D eigenvalue weighted by molar-refractivity contribution is 8.01. The van der Waals surface area contributed by atoms with Crippen molar-refractivity contribution in [3.63, 3.8) is 0 Å². The molecule has 44 heavy (non-hydrogen) atoms. The van der Waals surface area contributed by atoms with E-state index in [4.69, 9.17) is 26.1 Å². The number of hydrogen-bond donors (Lipinski definition) is 1. The number of halogens is 1. The fourth-order valence-corrected chi connectivity index (χ4v) is 8.09. The summed E-state index contributed by atoms with van der Waals surface area (Å²) < 4.78 is 39.6. The molecule has 1 aliphatic rings. The Morgan fingerprint density at radius 3 is 2.43 bits per heavy atom. The van der Waals surface area contributed by atoms with Crippen LogP contribution in [0.5, 0.6) is 17.2 Å². The van der Waals surface area contributed by atoms with Crippen LogP contribution in [-0.4, -0.2) is 31.7 Å². The standard InChI is InChI=1S/C32H26ClN3O5S3/c1-20-30(37)36(31(43-20)22-7-6-10-25(17-22)41-24-8-4-3-5-9-24)32-34-28(19-42-32)21-11-13-23(14-12-21)35-44(38,39)26-15-16-27(33)29(18-26)40-2/h3-20,31,35H,1-2H3. The summed E-state index contributed by atoms with van der Waals surface area (Å²) in [5.41, 5.74) is 2.79. The molecule has 1 aliphatic heterocycles. The number of ether oxygens (including phenoxy) is 2. The zero-order chi connectivity index (χ0) is 30.8. The lowest BCUT2D eigenvalue weighted by atomic mass is 10.1. The number of nitrogens with one attached hydrogen (secondary N) is 1. The molecule has 8 nitrogen and oxygen atoms in total. The Bertz CT molecular complexity index is 1920. The SMILES string of the molecule is COc1cc(S(=O)(=O)Nc2ccc(-c3csc(N4C(=O)C(C)SC4c4cccc(Oc5ccccc5)c4)n3)cc2)ccc1Cl. The number of para-hydroxylation sites is 1. The summed E-state index contributed by atoms with van der Waals surface area (Å²) in [7, 11) is -2.45. The van der Waals surface area contributed by atoms with Crippen molar-refractivity contribution in [2.24, 2.45) is 0 Å². The van der Waals surface area contributed by atoms with Crippen molar-refractivity contribution in [1.29, 1.82) is 0 Å². The first-order valence-corrected chi connectivity index (χ1v) is 17.1. The van der Waals surface area contributed by atoms with Gasteiger partial charge in [-0.25, -0.2) is 13.4 Å². The van der Waals surface area contributed by atoms with Crippen molar-refractivity contribution in [1.82, 2.24) is 4.98 Å². The van der Waals surface area contributed by atoms with E-state index in [-0.39, 0.29) is 27.2 Å². The second kappa shape index (κ2) is 12.5. The van der Waals surface area contributed by atoms with Crippen LogP contribution in [0.4, 0.5) is 10.8 Å². The van der Waals surface area contributed by atoms with Gasteiger partial charge in [0.1, 0.15) is 22.6 Å². The number of anilines is 2. The molecule has 0 spiro atoms. The first-order valence-electron chi connectivity index (χ1n) is 13.5. The highest BCUT2D eigenvalue weighted by atomic mass is 35.5. The number of methoxy groups -OCH3 is 1. The van der Waals surface area contributed by atoms with Crippen LogP contribution >= 0.6 is 34.7 Å². The Balaban J connectivity index is 1.20. The molecule has 1 fully saturated rings. The minimum atomic E-state index is -3.87. The summed E-state index contributed by atoms with van der Waals surface area (Å²) in [6.07, 6.45) is 0. The molecule has 1 saturated heterocycles. The molecule has 1 amide bonds. The average Bonchev–Trinajstić information content (AvgIpc) is 3.62. The molecule has 12 heteroatoms. The van der Waals surface area contributed by atoms with Crippen molar-refractivity contribution < 1.29 is 22.7 Å². The minimum Gasteiger partial charge on any atom is -0.495 e. The summed E-state index contributed by atoms with van der Waals surface area (Å²) in [5.74, 6) is 1.67. The van der Waals surface area contributed by atoms with Crippen LogP contribution in [0.25, 0.3) is 11.3 Å². The van der Waals surface area contributed by atoms with Gasteiger partial charge in [0.15, 0.2) is 5.13 Å². The van der Waals surface area contributed by atoms with E-state index in [1.165, 1.54) is 36.6 Å². The first-order chi connectivity index (χ1) is 21.2. The average molecular weight is 664 g/mol. The molecule has 5 aromatic rings. The summed E-state index contributed by atoms with van der Waals surface area (Å²) in [6.45, 7) is 1.90. The van der Waals surface area contributed by atoms with E-state index in [1.807, 2.05) is 66.9 Å². The second-order valence-corrected chi connectivity index (χ2v) is 14.2. The van der Waals surface area contributed by atoms with Gasteiger partial charge in [0.05, 0.1) is 28.0 Å². The molecule has 0 bridgehead atoms. The molecule has 0 aliphatic carbocycles. The summed E-state index contributed by atoms with van der Waals surface area (Å²) >= 11 is 8.99. The number of aromatic nitrogens is 1. The zero-order valence-electron chi connectivity index (χ0n) is 23.5. The molecule has 224 valence electrons. The number of hydrogen-bond acceptors (Lipinski definition) is 8. The summed E-state index contributed by atoms with van der Waals surface area (Å²) in [4.78, 5) is 19.9. The normalized spacial score (nSPS) is 16.6. The molecular weight excluding hydrogens is 638 g/mol. The molecule has 2 heterocycles. The van der Waals surface area contributed by atoms with E-state index in [0.29, 0.717) is 27.3 Å². The van der Waals surface area contributed by atoms with Crippen LogP contribution in [-0.2, 0) is 14.8 Å². The fraction of sp³-hybridized carbons (Fsp3) is 0.125. The molecule has 4 aromatic carbocycles. The van der Waals surface area contributed by atoms with E-state index >= 15 is 0 Å². The monoisotopic (exact) mass is 663 g/mol. The second-order valence-electron chi connectivity index (χ2n) is 9.82. The predicted octanol–water partition coefficient (Wildman–Crippen LogP) is 8.23. The Labute approximate surface area is 268 Å². The number of carbonyl (C=O) groups excluding carboxylic acids is 1. The van der Waals surface area contributed by atoms with Gasteiger partial charge in [0.2, 0.25) is 5.91 Å². The Morgan fingerprint density at radius 2 is 1.68 bits per heavy atom. The van der Waals surface area contributed by atoms with Gasteiger partial charge in [-0.1, -0.05) is 54.1 Å². The van der Waals surface area contributed by atoms with Crippen LogP contribution in [0.3, 0.4) is 0 Å². The Hall–Kier alpha value is -4.03. The van der Waals surface area contributed by atoms with Crippen molar-refractivity contribution in [3.05, 3.63) is 113 Å². The zero-order valence-corrected chi connectivity index (χ0v) is 26.7. The maximum atomic E-state index is 13.3. The largest absolute Gasteiger partial charge is 0.495 e. The lowest BCUT2D eigenvalue weighted by molar-refractivity contribution is -0.117. The van der Waals surface area contributed by atoms with Crippen LogP contribution in [0, 0.1) is 0 Å².